The molecule has 0 spiro atoms. The molecule has 1 aromatic heterocycles. The molecule has 0 radical (unpaired) electrons. The van der Waals surface area contributed by atoms with Crippen LogP contribution >= 0.6 is 23.7 Å². The Morgan fingerprint density at radius 1 is 1.50 bits per heavy atom. The maximum absolute atomic E-state index is 11.6. The monoisotopic (exact) mass is 291 g/mol. The Balaban J connectivity index is 0.00000289. The number of hydrogen-bond donors (Lipinski definition) is 2. The lowest BCUT2D eigenvalue weighted by atomic mass is 10.1. The summed E-state index contributed by atoms with van der Waals surface area (Å²) in [4.78, 5) is 17.2. The van der Waals surface area contributed by atoms with Crippen molar-refractivity contribution in [3.63, 3.8) is 0 Å². The maximum atomic E-state index is 11.6. The molecule has 0 aromatic carbocycles. The lowest BCUT2D eigenvalue weighted by Crippen LogP contribution is -2.41. The second-order valence-electron chi connectivity index (χ2n) is 4.18. The predicted octanol–water partition coefficient (Wildman–Crippen LogP) is 1.97. The molecule has 1 unspecified atom stereocenters. The molecule has 0 aliphatic carbocycles. The summed E-state index contributed by atoms with van der Waals surface area (Å²) in [7, 11) is 0. The number of halogens is 1. The number of thiazole rings is 1. The van der Waals surface area contributed by atoms with Crippen LogP contribution in [0.25, 0.3) is 0 Å². The van der Waals surface area contributed by atoms with E-state index in [0.717, 1.165) is 30.0 Å². The van der Waals surface area contributed by atoms with E-state index in [0.29, 0.717) is 6.54 Å². The fraction of sp³-hybridized carbons (Fsp3) is 0.667. The largest absolute Gasteiger partial charge is 0.354 e. The molecule has 6 heteroatoms. The Labute approximate surface area is 119 Å². The maximum Gasteiger partial charge on any atom is 0.236 e. The van der Waals surface area contributed by atoms with Gasteiger partial charge in [0, 0.05) is 17.8 Å². The van der Waals surface area contributed by atoms with E-state index >= 15 is 0 Å². The summed E-state index contributed by atoms with van der Waals surface area (Å²) in [6.07, 6.45) is 2.51. The number of aryl methyl sites for hydroxylation is 2. The van der Waals surface area contributed by atoms with Crippen LogP contribution in [0.4, 0.5) is 0 Å². The van der Waals surface area contributed by atoms with E-state index < -0.39 is 0 Å². The van der Waals surface area contributed by atoms with Crippen molar-refractivity contribution in [2.75, 3.05) is 6.54 Å². The number of amides is 1. The second kappa shape index (κ2) is 8.45. The van der Waals surface area contributed by atoms with Gasteiger partial charge in [0.1, 0.15) is 0 Å². The van der Waals surface area contributed by atoms with Crippen LogP contribution in [0.5, 0.6) is 0 Å². The standard InChI is InChI=1S/C12H21N3OS.ClH/c1-4-5-10(13)12(16)14-7-6-11-8(2)15-9(3)17-11;/h10H,4-7,13H2,1-3H3,(H,14,16);1H. The quantitative estimate of drug-likeness (QED) is 0.842. The number of rotatable bonds is 6. The molecule has 1 atom stereocenters. The van der Waals surface area contributed by atoms with Crippen molar-refractivity contribution in [2.24, 2.45) is 5.73 Å². The highest BCUT2D eigenvalue weighted by Crippen LogP contribution is 2.16. The zero-order valence-corrected chi connectivity index (χ0v) is 12.8. The van der Waals surface area contributed by atoms with Crippen LogP contribution in [0.3, 0.4) is 0 Å². The van der Waals surface area contributed by atoms with Gasteiger partial charge in [-0.3, -0.25) is 4.79 Å². The minimum Gasteiger partial charge on any atom is -0.354 e. The fourth-order valence-corrected chi connectivity index (χ4v) is 2.61. The normalized spacial score (nSPS) is 11.8. The van der Waals surface area contributed by atoms with E-state index in [1.807, 2.05) is 20.8 Å². The van der Waals surface area contributed by atoms with Crippen LogP contribution in [0.2, 0.25) is 0 Å². The van der Waals surface area contributed by atoms with Crippen LogP contribution in [0.15, 0.2) is 0 Å². The first kappa shape index (κ1) is 17.4. The van der Waals surface area contributed by atoms with Crippen molar-refractivity contribution in [2.45, 2.75) is 46.1 Å². The van der Waals surface area contributed by atoms with Gasteiger partial charge in [0.2, 0.25) is 5.91 Å². The van der Waals surface area contributed by atoms with Gasteiger partial charge < -0.3 is 11.1 Å². The molecule has 1 aromatic rings. The molecule has 18 heavy (non-hydrogen) atoms. The average molecular weight is 292 g/mol. The summed E-state index contributed by atoms with van der Waals surface area (Å²) in [5, 5.41) is 3.94. The van der Waals surface area contributed by atoms with E-state index in [2.05, 4.69) is 10.3 Å². The summed E-state index contributed by atoms with van der Waals surface area (Å²) < 4.78 is 0. The molecular formula is C12H22ClN3OS. The number of hydrogen-bond acceptors (Lipinski definition) is 4. The molecule has 104 valence electrons. The van der Waals surface area contributed by atoms with Gasteiger partial charge in [0.25, 0.3) is 0 Å². The van der Waals surface area contributed by atoms with E-state index in [4.69, 9.17) is 5.73 Å². The molecule has 0 saturated heterocycles. The van der Waals surface area contributed by atoms with Crippen molar-refractivity contribution >= 4 is 29.7 Å². The van der Waals surface area contributed by atoms with Gasteiger partial charge in [-0.2, -0.15) is 0 Å². The van der Waals surface area contributed by atoms with Crippen molar-refractivity contribution in [3.05, 3.63) is 15.6 Å². The number of nitrogens with one attached hydrogen (secondary N) is 1. The average Bonchev–Trinajstić information content (AvgIpc) is 2.57. The molecule has 1 amide bonds. The minimum atomic E-state index is -0.371. The van der Waals surface area contributed by atoms with Crippen LogP contribution < -0.4 is 11.1 Å². The SMILES string of the molecule is CCCC(N)C(=O)NCCc1sc(C)nc1C.Cl. The lowest BCUT2D eigenvalue weighted by molar-refractivity contribution is -0.122. The first-order valence-corrected chi connectivity index (χ1v) is 6.82. The summed E-state index contributed by atoms with van der Waals surface area (Å²) in [5.41, 5.74) is 6.79. The van der Waals surface area contributed by atoms with Crippen molar-refractivity contribution < 1.29 is 4.79 Å². The van der Waals surface area contributed by atoms with Crippen molar-refractivity contribution in [1.29, 1.82) is 0 Å². The van der Waals surface area contributed by atoms with Gasteiger partial charge >= 0.3 is 0 Å². The molecule has 0 saturated carbocycles. The highest BCUT2D eigenvalue weighted by atomic mass is 35.5. The Kier molecular flexibility index (Phi) is 8.15. The summed E-state index contributed by atoms with van der Waals surface area (Å²) >= 11 is 1.69. The number of carbonyl (C=O) groups excluding carboxylic acids is 1. The Hall–Kier alpha value is -0.650. The molecule has 1 rings (SSSR count). The third kappa shape index (κ3) is 5.33. The van der Waals surface area contributed by atoms with E-state index in [1.54, 1.807) is 11.3 Å². The fourth-order valence-electron chi connectivity index (χ4n) is 1.68. The van der Waals surface area contributed by atoms with Gasteiger partial charge in [-0.05, 0) is 20.3 Å². The first-order chi connectivity index (χ1) is 8.04. The van der Waals surface area contributed by atoms with Crippen LogP contribution in [0, 0.1) is 13.8 Å². The summed E-state index contributed by atoms with van der Waals surface area (Å²) in [6.45, 7) is 6.66. The molecule has 4 nitrogen and oxygen atoms in total. The minimum absolute atomic E-state index is 0. The molecule has 0 aliphatic rings. The molecule has 0 bridgehead atoms. The van der Waals surface area contributed by atoms with Crippen LogP contribution in [-0.4, -0.2) is 23.5 Å². The van der Waals surface area contributed by atoms with Crippen LogP contribution in [0.1, 0.15) is 35.3 Å². The highest BCUT2D eigenvalue weighted by molar-refractivity contribution is 7.11. The topological polar surface area (TPSA) is 68.0 Å². The molecular weight excluding hydrogens is 270 g/mol. The second-order valence-corrected chi connectivity index (χ2v) is 5.47. The van der Waals surface area contributed by atoms with E-state index in [-0.39, 0.29) is 24.4 Å². The Morgan fingerprint density at radius 3 is 2.67 bits per heavy atom. The predicted molar refractivity (Wildman–Crippen MR) is 78.4 cm³/mol. The first-order valence-electron chi connectivity index (χ1n) is 6.00. The third-order valence-corrected chi connectivity index (χ3v) is 3.72. The third-order valence-electron chi connectivity index (χ3n) is 2.59. The van der Waals surface area contributed by atoms with Crippen molar-refractivity contribution in [1.82, 2.24) is 10.3 Å². The summed E-state index contributed by atoms with van der Waals surface area (Å²) in [5.74, 6) is -0.0502. The zero-order valence-electron chi connectivity index (χ0n) is 11.2. The smallest absolute Gasteiger partial charge is 0.236 e. The van der Waals surface area contributed by atoms with Crippen molar-refractivity contribution in [3.8, 4) is 0 Å². The van der Waals surface area contributed by atoms with E-state index in [9.17, 15) is 4.79 Å². The molecule has 0 aliphatic heterocycles. The molecule has 0 fully saturated rings. The van der Waals surface area contributed by atoms with E-state index in [1.165, 1.54) is 4.88 Å². The van der Waals surface area contributed by atoms with Gasteiger partial charge in [0.05, 0.1) is 16.7 Å². The Bertz CT molecular complexity index is 381. The molecule has 1 heterocycles. The number of nitrogens with two attached hydrogens (primary N) is 1. The number of carbonyl (C=O) groups is 1. The zero-order chi connectivity index (χ0) is 12.8. The lowest BCUT2D eigenvalue weighted by Gasteiger charge is -2.10. The van der Waals surface area contributed by atoms with Crippen LogP contribution in [-0.2, 0) is 11.2 Å². The number of aromatic nitrogens is 1. The van der Waals surface area contributed by atoms with Gasteiger partial charge in [-0.25, -0.2) is 4.98 Å². The Morgan fingerprint density at radius 2 is 2.17 bits per heavy atom. The number of nitrogens with zero attached hydrogens (tertiary/aromatic N) is 1. The van der Waals surface area contributed by atoms with Gasteiger partial charge in [0.15, 0.2) is 0 Å². The van der Waals surface area contributed by atoms with Gasteiger partial charge in [-0.1, -0.05) is 13.3 Å². The highest BCUT2D eigenvalue weighted by Gasteiger charge is 2.11. The molecule has 3 N–H and O–H groups in total. The van der Waals surface area contributed by atoms with Gasteiger partial charge in [-0.15, -0.1) is 23.7 Å². The summed E-state index contributed by atoms with van der Waals surface area (Å²) in [6, 6.07) is -0.371.